The average molecular weight is 303 g/mol. The van der Waals surface area contributed by atoms with E-state index in [-0.39, 0.29) is 0 Å². The van der Waals surface area contributed by atoms with E-state index in [1.54, 1.807) is 6.20 Å². The summed E-state index contributed by atoms with van der Waals surface area (Å²) < 4.78 is 0. The van der Waals surface area contributed by atoms with Gasteiger partial charge in [0.1, 0.15) is 0 Å². The number of aromatic nitrogens is 1. The molecule has 0 unspecified atom stereocenters. The van der Waals surface area contributed by atoms with Crippen LogP contribution in [0.2, 0.25) is 5.02 Å². The molecular formula is C16H19ClN4. The van der Waals surface area contributed by atoms with E-state index >= 15 is 0 Å². The Morgan fingerprint density at radius 3 is 2.57 bits per heavy atom. The van der Waals surface area contributed by atoms with Crippen LogP contribution in [0.5, 0.6) is 0 Å². The van der Waals surface area contributed by atoms with E-state index in [1.165, 1.54) is 5.56 Å². The Bertz CT molecular complexity index is 579. The Morgan fingerprint density at radius 1 is 1.19 bits per heavy atom. The Morgan fingerprint density at radius 2 is 1.95 bits per heavy atom. The third kappa shape index (κ3) is 5.08. The van der Waals surface area contributed by atoms with E-state index in [4.69, 9.17) is 11.6 Å². The zero-order valence-corrected chi connectivity index (χ0v) is 13.0. The van der Waals surface area contributed by atoms with Gasteiger partial charge in [-0.1, -0.05) is 41.9 Å². The minimum atomic E-state index is 0.614. The van der Waals surface area contributed by atoms with Gasteiger partial charge in [0.2, 0.25) is 0 Å². The van der Waals surface area contributed by atoms with Crippen molar-refractivity contribution in [2.24, 2.45) is 4.99 Å². The number of rotatable bonds is 4. The van der Waals surface area contributed by atoms with Gasteiger partial charge >= 0.3 is 0 Å². The first kappa shape index (κ1) is 15.3. The first-order chi connectivity index (χ1) is 10.1. The van der Waals surface area contributed by atoms with Crippen molar-refractivity contribution in [2.45, 2.75) is 13.1 Å². The second-order valence-electron chi connectivity index (χ2n) is 4.84. The maximum atomic E-state index is 5.83. The topological polar surface area (TPSA) is 40.5 Å². The molecule has 1 heterocycles. The molecule has 0 aliphatic heterocycles. The van der Waals surface area contributed by atoms with Gasteiger partial charge in [0, 0.05) is 20.3 Å². The van der Waals surface area contributed by atoms with Gasteiger partial charge in [-0.25, -0.2) is 4.99 Å². The molecule has 1 aromatic heterocycles. The summed E-state index contributed by atoms with van der Waals surface area (Å²) >= 11 is 5.83. The Labute approximate surface area is 130 Å². The minimum absolute atomic E-state index is 0.614. The number of hydrogen-bond acceptors (Lipinski definition) is 2. The number of nitrogens with one attached hydrogen (secondary N) is 1. The van der Waals surface area contributed by atoms with Crippen LogP contribution in [0.4, 0.5) is 0 Å². The summed E-state index contributed by atoms with van der Waals surface area (Å²) in [6.07, 6.45) is 1.65. The van der Waals surface area contributed by atoms with Crippen LogP contribution in [-0.4, -0.2) is 29.9 Å². The molecular weight excluding hydrogens is 284 g/mol. The molecule has 0 spiro atoms. The Hall–Kier alpha value is -2.07. The molecule has 0 saturated heterocycles. The highest BCUT2D eigenvalue weighted by atomic mass is 35.5. The number of pyridine rings is 1. The lowest BCUT2D eigenvalue weighted by atomic mass is 10.2. The van der Waals surface area contributed by atoms with Crippen LogP contribution in [0.1, 0.15) is 11.3 Å². The van der Waals surface area contributed by atoms with Gasteiger partial charge in [-0.2, -0.15) is 0 Å². The third-order valence-electron chi connectivity index (χ3n) is 2.89. The van der Waals surface area contributed by atoms with Crippen LogP contribution in [0.3, 0.4) is 0 Å². The molecule has 2 rings (SSSR count). The van der Waals surface area contributed by atoms with Gasteiger partial charge in [-0.05, 0) is 17.7 Å². The van der Waals surface area contributed by atoms with Crippen molar-refractivity contribution in [1.29, 1.82) is 0 Å². The third-order valence-corrected chi connectivity index (χ3v) is 3.12. The molecule has 4 nitrogen and oxygen atoms in total. The van der Waals surface area contributed by atoms with Crippen LogP contribution < -0.4 is 5.32 Å². The fraction of sp³-hybridized carbons (Fsp3) is 0.250. The number of benzene rings is 1. The number of nitrogens with zero attached hydrogens (tertiary/aromatic N) is 3. The molecule has 0 fully saturated rings. The first-order valence-corrected chi connectivity index (χ1v) is 7.13. The van der Waals surface area contributed by atoms with Gasteiger partial charge in [-0.3, -0.25) is 4.98 Å². The van der Waals surface area contributed by atoms with E-state index < -0.39 is 0 Å². The highest BCUT2D eigenvalue weighted by Gasteiger charge is 2.02. The van der Waals surface area contributed by atoms with E-state index in [9.17, 15) is 0 Å². The molecule has 2 aromatic rings. The molecule has 0 aliphatic rings. The fourth-order valence-electron chi connectivity index (χ4n) is 1.79. The summed E-state index contributed by atoms with van der Waals surface area (Å²) in [5.74, 6) is 0.829. The predicted octanol–water partition coefficient (Wildman–Crippen LogP) is 2.94. The second kappa shape index (κ2) is 7.64. The SMILES string of the molecule is CN(C)C(=NCc1ccccc1)NCc1ccc(Cl)cn1. The van der Waals surface area contributed by atoms with Crippen molar-refractivity contribution in [3.8, 4) is 0 Å². The van der Waals surface area contributed by atoms with Gasteiger partial charge in [0.25, 0.3) is 0 Å². The number of halogens is 1. The smallest absolute Gasteiger partial charge is 0.194 e. The second-order valence-corrected chi connectivity index (χ2v) is 5.28. The molecule has 1 aromatic carbocycles. The zero-order chi connectivity index (χ0) is 15.1. The van der Waals surface area contributed by atoms with Crippen LogP contribution in [0, 0.1) is 0 Å². The van der Waals surface area contributed by atoms with Gasteiger partial charge in [0.05, 0.1) is 23.8 Å². The summed E-state index contributed by atoms with van der Waals surface area (Å²) in [7, 11) is 3.93. The average Bonchev–Trinajstić information content (AvgIpc) is 2.49. The largest absolute Gasteiger partial charge is 0.351 e. The molecule has 0 atom stereocenters. The lowest BCUT2D eigenvalue weighted by molar-refractivity contribution is 0.577. The summed E-state index contributed by atoms with van der Waals surface area (Å²) in [5, 5.41) is 3.94. The molecule has 0 radical (unpaired) electrons. The molecule has 0 saturated carbocycles. The van der Waals surface area contributed by atoms with Gasteiger partial charge in [-0.15, -0.1) is 0 Å². The highest BCUT2D eigenvalue weighted by molar-refractivity contribution is 6.30. The lowest BCUT2D eigenvalue weighted by Crippen LogP contribution is -2.36. The first-order valence-electron chi connectivity index (χ1n) is 6.75. The maximum absolute atomic E-state index is 5.83. The van der Waals surface area contributed by atoms with Crippen molar-refractivity contribution in [3.05, 3.63) is 64.9 Å². The number of hydrogen-bond donors (Lipinski definition) is 1. The quantitative estimate of drug-likeness (QED) is 0.697. The normalized spacial score (nSPS) is 11.3. The predicted molar refractivity (Wildman–Crippen MR) is 87.4 cm³/mol. The molecule has 110 valence electrons. The minimum Gasteiger partial charge on any atom is -0.351 e. The molecule has 1 N–H and O–H groups in total. The molecule has 5 heteroatoms. The van der Waals surface area contributed by atoms with E-state index in [0.29, 0.717) is 18.1 Å². The summed E-state index contributed by atoms with van der Waals surface area (Å²) in [6.45, 7) is 1.26. The number of aliphatic imine (C=N–C) groups is 1. The molecule has 0 aliphatic carbocycles. The summed E-state index contributed by atoms with van der Waals surface area (Å²) in [5.41, 5.74) is 2.11. The van der Waals surface area contributed by atoms with Crippen LogP contribution in [0.25, 0.3) is 0 Å². The fourth-order valence-corrected chi connectivity index (χ4v) is 1.90. The van der Waals surface area contributed by atoms with Crippen LogP contribution in [-0.2, 0) is 13.1 Å². The standard InChI is InChI=1S/C16H19ClN4/c1-21(2)16(19-10-13-6-4-3-5-7-13)20-12-15-9-8-14(17)11-18-15/h3-9,11H,10,12H2,1-2H3,(H,19,20). The van der Waals surface area contributed by atoms with Gasteiger partial charge < -0.3 is 10.2 Å². The Kier molecular flexibility index (Phi) is 5.58. The molecule has 0 amide bonds. The van der Waals surface area contributed by atoms with E-state index in [0.717, 1.165) is 11.7 Å². The van der Waals surface area contributed by atoms with Crippen LogP contribution >= 0.6 is 11.6 Å². The highest BCUT2D eigenvalue weighted by Crippen LogP contribution is 2.06. The van der Waals surface area contributed by atoms with Crippen molar-refractivity contribution in [1.82, 2.24) is 15.2 Å². The molecule has 0 bridgehead atoms. The van der Waals surface area contributed by atoms with Crippen LogP contribution in [0.15, 0.2) is 53.7 Å². The maximum Gasteiger partial charge on any atom is 0.194 e. The zero-order valence-electron chi connectivity index (χ0n) is 12.3. The lowest BCUT2D eigenvalue weighted by Gasteiger charge is -2.17. The number of guanidine groups is 1. The monoisotopic (exact) mass is 302 g/mol. The van der Waals surface area contributed by atoms with E-state index in [1.807, 2.05) is 49.3 Å². The van der Waals surface area contributed by atoms with Crippen molar-refractivity contribution < 1.29 is 0 Å². The van der Waals surface area contributed by atoms with Crippen molar-refractivity contribution >= 4 is 17.6 Å². The summed E-state index contributed by atoms with van der Waals surface area (Å²) in [4.78, 5) is 10.8. The van der Waals surface area contributed by atoms with E-state index in [2.05, 4.69) is 27.4 Å². The van der Waals surface area contributed by atoms with Crippen molar-refractivity contribution in [3.63, 3.8) is 0 Å². The summed E-state index contributed by atoms with van der Waals surface area (Å²) in [6, 6.07) is 13.9. The van der Waals surface area contributed by atoms with Crippen molar-refractivity contribution in [2.75, 3.05) is 14.1 Å². The Balaban J connectivity index is 1.97. The van der Waals surface area contributed by atoms with Gasteiger partial charge in [0.15, 0.2) is 5.96 Å². The molecule has 21 heavy (non-hydrogen) atoms.